The molecule has 0 atom stereocenters. The number of ether oxygens (including phenoxy) is 1. The molecule has 2 aromatic heterocycles. The van der Waals surface area contributed by atoms with E-state index in [9.17, 15) is 4.79 Å². The summed E-state index contributed by atoms with van der Waals surface area (Å²) in [5.74, 6) is 2.09. The number of halogens is 1. The van der Waals surface area contributed by atoms with Crippen molar-refractivity contribution in [2.24, 2.45) is 0 Å². The number of thioether (sulfide) groups is 1. The largest absolute Gasteiger partial charge is 0.496 e. The molecule has 146 valence electrons. The van der Waals surface area contributed by atoms with Gasteiger partial charge in [0.2, 0.25) is 5.82 Å². The van der Waals surface area contributed by atoms with Gasteiger partial charge in [0.05, 0.1) is 23.6 Å². The maximum atomic E-state index is 12.7. The maximum Gasteiger partial charge on any atom is 0.205 e. The zero-order valence-corrected chi connectivity index (χ0v) is 17.8. The predicted octanol–water partition coefficient (Wildman–Crippen LogP) is 5.27. The van der Waals surface area contributed by atoms with Gasteiger partial charge in [-0.05, 0) is 58.4 Å². The first-order chi connectivity index (χ1) is 14.2. The van der Waals surface area contributed by atoms with Crippen molar-refractivity contribution >= 4 is 33.5 Å². The van der Waals surface area contributed by atoms with Gasteiger partial charge in [0.1, 0.15) is 5.75 Å². The van der Waals surface area contributed by atoms with Crippen LogP contribution in [-0.2, 0) is 0 Å². The van der Waals surface area contributed by atoms with Gasteiger partial charge in [-0.25, -0.2) is 0 Å². The van der Waals surface area contributed by atoms with E-state index in [1.54, 1.807) is 37.6 Å². The Hall–Kier alpha value is -2.84. The number of para-hydroxylation sites is 1. The highest BCUT2D eigenvalue weighted by Gasteiger charge is 2.19. The number of benzene rings is 2. The lowest BCUT2D eigenvalue weighted by molar-refractivity contribution is 0.102. The SMILES string of the molecule is COc1ccc(C(=O)CSc2nnc(-c3ccco3)n2-c2ccccc2)cc1Br. The number of hydrogen-bond acceptors (Lipinski definition) is 6. The van der Waals surface area contributed by atoms with Crippen molar-refractivity contribution in [1.82, 2.24) is 14.8 Å². The molecule has 0 amide bonds. The van der Waals surface area contributed by atoms with E-state index >= 15 is 0 Å². The first kappa shape index (κ1) is 19.5. The highest BCUT2D eigenvalue weighted by atomic mass is 79.9. The van der Waals surface area contributed by atoms with Gasteiger partial charge in [-0.15, -0.1) is 10.2 Å². The predicted molar refractivity (Wildman–Crippen MR) is 115 cm³/mol. The van der Waals surface area contributed by atoms with Gasteiger partial charge in [0.15, 0.2) is 16.7 Å². The summed E-state index contributed by atoms with van der Waals surface area (Å²) in [5.41, 5.74) is 1.49. The van der Waals surface area contributed by atoms with Crippen LogP contribution < -0.4 is 4.74 Å². The van der Waals surface area contributed by atoms with E-state index in [0.29, 0.717) is 28.1 Å². The second-order valence-corrected chi connectivity index (χ2v) is 7.81. The summed E-state index contributed by atoms with van der Waals surface area (Å²) < 4.78 is 13.4. The Bertz CT molecular complexity index is 1130. The van der Waals surface area contributed by atoms with Gasteiger partial charge < -0.3 is 9.15 Å². The fraction of sp³-hybridized carbons (Fsp3) is 0.0952. The fourth-order valence-electron chi connectivity index (χ4n) is 2.79. The van der Waals surface area contributed by atoms with Crippen molar-refractivity contribution in [3.63, 3.8) is 0 Å². The smallest absolute Gasteiger partial charge is 0.205 e. The molecular formula is C21H16BrN3O3S. The molecule has 8 heteroatoms. The minimum atomic E-state index is -0.0134. The number of nitrogens with zero attached hydrogens (tertiary/aromatic N) is 3. The van der Waals surface area contributed by atoms with Crippen LogP contribution in [0.1, 0.15) is 10.4 Å². The standard InChI is InChI=1S/C21H16BrN3O3S/c1-27-18-10-9-14(12-16(18)22)17(26)13-29-21-24-23-20(19-8-5-11-28-19)25(21)15-6-3-2-4-7-15/h2-12H,13H2,1H3. The lowest BCUT2D eigenvalue weighted by Crippen LogP contribution is -2.05. The van der Waals surface area contributed by atoms with E-state index in [2.05, 4.69) is 26.1 Å². The molecule has 0 fully saturated rings. The number of aromatic nitrogens is 3. The van der Waals surface area contributed by atoms with Crippen molar-refractivity contribution in [1.29, 1.82) is 0 Å². The van der Waals surface area contributed by atoms with Gasteiger partial charge in [-0.2, -0.15) is 0 Å². The second-order valence-electron chi connectivity index (χ2n) is 6.02. The minimum absolute atomic E-state index is 0.0134. The van der Waals surface area contributed by atoms with Crippen LogP contribution in [0.2, 0.25) is 0 Å². The van der Waals surface area contributed by atoms with Crippen LogP contribution >= 0.6 is 27.7 Å². The Morgan fingerprint density at radius 2 is 1.97 bits per heavy atom. The van der Waals surface area contributed by atoms with Gasteiger partial charge in [0, 0.05) is 11.3 Å². The van der Waals surface area contributed by atoms with Gasteiger partial charge in [0.25, 0.3) is 0 Å². The van der Waals surface area contributed by atoms with Crippen molar-refractivity contribution < 1.29 is 13.9 Å². The molecule has 29 heavy (non-hydrogen) atoms. The molecular weight excluding hydrogens is 454 g/mol. The maximum absolute atomic E-state index is 12.7. The van der Waals surface area contributed by atoms with Crippen molar-refractivity contribution in [2.45, 2.75) is 5.16 Å². The Morgan fingerprint density at radius 3 is 2.66 bits per heavy atom. The molecule has 0 aliphatic rings. The topological polar surface area (TPSA) is 70.2 Å². The summed E-state index contributed by atoms with van der Waals surface area (Å²) in [7, 11) is 1.59. The summed E-state index contributed by atoms with van der Waals surface area (Å²) in [6.07, 6.45) is 1.59. The third-order valence-electron chi connectivity index (χ3n) is 4.20. The molecule has 0 saturated carbocycles. The number of carbonyl (C=O) groups excluding carboxylic acids is 1. The quantitative estimate of drug-likeness (QED) is 0.271. The van der Waals surface area contributed by atoms with Crippen LogP contribution in [0.25, 0.3) is 17.3 Å². The number of hydrogen-bond donors (Lipinski definition) is 0. The average molecular weight is 470 g/mol. The molecule has 0 saturated heterocycles. The van der Waals surface area contributed by atoms with E-state index in [1.165, 1.54) is 11.8 Å². The highest BCUT2D eigenvalue weighted by Crippen LogP contribution is 2.30. The third kappa shape index (κ3) is 4.13. The molecule has 0 bridgehead atoms. The zero-order valence-electron chi connectivity index (χ0n) is 15.4. The first-order valence-corrected chi connectivity index (χ1v) is 10.5. The van der Waals surface area contributed by atoms with Gasteiger partial charge in [-0.1, -0.05) is 30.0 Å². The molecule has 0 aliphatic heterocycles. The summed E-state index contributed by atoms with van der Waals surface area (Å²) in [5, 5.41) is 9.19. The molecule has 4 aromatic rings. The molecule has 0 N–H and O–H groups in total. The summed E-state index contributed by atoms with van der Waals surface area (Å²) in [4.78, 5) is 12.7. The monoisotopic (exact) mass is 469 g/mol. The number of methoxy groups -OCH3 is 1. The number of rotatable bonds is 7. The summed E-state index contributed by atoms with van der Waals surface area (Å²) in [6, 6.07) is 18.7. The normalized spacial score (nSPS) is 10.8. The molecule has 0 radical (unpaired) electrons. The van der Waals surface area contributed by atoms with Crippen LogP contribution in [0.3, 0.4) is 0 Å². The third-order valence-corrected chi connectivity index (χ3v) is 5.74. The summed E-state index contributed by atoms with van der Waals surface area (Å²) >= 11 is 4.75. The fourth-order valence-corrected chi connectivity index (χ4v) is 4.18. The second kappa shape index (κ2) is 8.67. The van der Waals surface area contributed by atoms with E-state index in [-0.39, 0.29) is 11.5 Å². The van der Waals surface area contributed by atoms with Crippen LogP contribution in [0.15, 0.2) is 81.0 Å². The average Bonchev–Trinajstić information content (AvgIpc) is 3.42. The number of carbonyl (C=O) groups is 1. The number of Topliss-reactive ketones (excluding diaryl/α,β-unsaturated/α-hetero) is 1. The molecule has 0 unspecified atom stereocenters. The van der Waals surface area contributed by atoms with Crippen LogP contribution in [-0.4, -0.2) is 33.4 Å². The molecule has 4 rings (SSSR count). The minimum Gasteiger partial charge on any atom is -0.496 e. The van der Waals surface area contributed by atoms with Crippen LogP contribution in [0.4, 0.5) is 0 Å². The lowest BCUT2D eigenvalue weighted by Gasteiger charge is -2.09. The van der Waals surface area contributed by atoms with E-state index in [1.807, 2.05) is 41.0 Å². The van der Waals surface area contributed by atoms with E-state index < -0.39 is 0 Å². The molecule has 2 heterocycles. The van der Waals surface area contributed by atoms with Crippen LogP contribution in [0.5, 0.6) is 5.75 Å². The highest BCUT2D eigenvalue weighted by molar-refractivity contribution is 9.10. The zero-order chi connectivity index (χ0) is 20.2. The molecule has 0 spiro atoms. The Balaban J connectivity index is 1.61. The Kier molecular flexibility index (Phi) is 5.82. The first-order valence-electron chi connectivity index (χ1n) is 8.71. The molecule has 6 nitrogen and oxygen atoms in total. The van der Waals surface area contributed by atoms with Gasteiger partial charge in [-0.3, -0.25) is 9.36 Å². The lowest BCUT2D eigenvalue weighted by atomic mass is 10.1. The van der Waals surface area contributed by atoms with Crippen LogP contribution in [0, 0.1) is 0 Å². The van der Waals surface area contributed by atoms with E-state index in [0.717, 1.165) is 10.2 Å². The number of ketones is 1. The Labute approximate surface area is 180 Å². The van der Waals surface area contributed by atoms with Crippen molar-refractivity contribution in [2.75, 3.05) is 12.9 Å². The van der Waals surface area contributed by atoms with Crippen molar-refractivity contribution in [3.8, 4) is 23.0 Å². The Morgan fingerprint density at radius 1 is 1.14 bits per heavy atom. The van der Waals surface area contributed by atoms with E-state index in [4.69, 9.17) is 9.15 Å². The summed E-state index contributed by atoms with van der Waals surface area (Å²) in [6.45, 7) is 0. The number of furan rings is 1. The molecule has 0 aliphatic carbocycles. The molecule has 2 aromatic carbocycles. The van der Waals surface area contributed by atoms with Gasteiger partial charge >= 0.3 is 0 Å². The van der Waals surface area contributed by atoms with Crippen molar-refractivity contribution in [3.05, 3.63) is 77.0 Å².